The molecule has 2 aromatic heterocycles. The molecule has 0 saturated carbocycles. The molecule has 0 aliphatic carbocycles. The average molecular weight is 402 g/mol. The van der Waals surface area contributed by atoms with Gasteiger partial charge in [0.2, 0.25) is 0 Å². The van der Waals surface area contributed by atoms with Crippen LogP contribution in [0, 0.1) is 5.82 Å². The number of halogens is 4. The first kappa shape index (κ1) is 18.9. The minimum absolute atomic E-state index is 0.168. The molecule has 0 unspecified atom stereocenters. The van der Waals surface area contributed by atoms with Crippen LogP contribution in [-0.2, 0) is 6.54 Å². The Morgan fingerprint density at radius 2 is 1.93 bits per heavy atom. The molecule has 0 radical (unpaired) electrons. The number of rotatable bonds is 5. The van der Waals surface area contributed by atoms with Crippen molar-refractivity contribution in [3.05, 3.63) is 45.7 Å². The molecule has 0 aliphatic rings. The average Bonchev–Trinajstić information content (AvgIpc) is 2.64. The normalized spacial score (nSPS) is 11.3. The molecule has 27 heavy (non-hydrogen) atoms. The Morgan fingerprint density at radius 3 is 2.59 bits per heavy atom. The topological polar surface area (TPSA) is 97.5 Å². The number of benzene rings is 1. The van der Waals surface area contributed by atoms with Gasteiger partial charge in [-0.15, -0.1) is 0 Å². The van der Waals surface area contributed by atoms with Gasteiger partial charge in [0.05, 0.1) is 22.7 Å². The number of pyridine rings is 1. The van der Waals surface area contributed by atoms with Gasteiger partial charge < -0.3 is 14.9 Å². The van der Waals surface area contributed by atoms with E-state index >= 15 is 0 Å². The van der Waals surface area contributed by atoms with Crippen LogP contribution in [0.1, 0.15) is 0 Å². The highest BCUT2D eigenvalue weighted by atomic mass is 35.5. The molecule has 2 heterocycles. The molecule has 1 aromatic carbocycles. The van der Waals surface area contributed by atoms with E-state index in [-0.39, 0.29) is 16.2 Å². The van der Waals surface area contributed by atoms with E-state index < -0.39 is 53.8 Å². The first-order valence-corrected chi connectivity index (χ1v) is 7.81. The van der Waals surface area contributed by atoms with E-state index in [0.29, 0.717) is 4.57 Å². The number of fused-ring (bicyclic) bond motifs is 1. The second-order valence-electron chi connectivity index (χ2n) is 5.27. The standard InChI is InChI=1S/C16H11ClF3N3O4/c17-7-1-2-8(18)10(14(7)27-6-24)11-13(25)12-15(22-4-3-21-12)23(16(11)26)5-9(19)20/h1-4,9,24-25H,5-6H2. The minimum atomic E-state index is -2.93. The Kier molecular flexibility index (Phi) is 5.19. The van der Waals surface area contributed by atoms with Gasteiger partial charge in [-0.1, -0.05) is 11.6 Å². The van der Waals surface area contributed by atoms with Gasteiger partial charge in [0.25, 0.3) is 12.0 Å². The summed E-state index contributed by atoms with van der Waals surface area (Å²) in [6.07, 6.45) is -0.603. The van der Waals surface area contributed by atoms with Crippen LogP contribution < -0.4 is 10.3 Å². The Balaban J connectivity index is 2.47. The van der Waals surface area contributed by atoms with E-state index in [1.54, 1.807) is 0 Å². The second kappa shape index (κ2) is 7.41. The summed E-state index contributed by atoms with van der Waals surface area (Å²) in [7, 11) is 0. The van der Waals surface area contributed by atoms with Crippen molar-refractivity contribution in [2.75, 3.05) is 6.79 Å². The Hall–Kier alpha value is -2.85. The number of aromatic hydroxyl groups is 1. The lowest BCUT2D eigenvalue weighted by Gasteiger charge is -2.16. The fourth-order valence-corrected chi connectivity index (χ4v) is 2.86. The summed E-state index contributed by atoms with van der Waals surface area (Å²) < 4.78 is 46.0. The SMILES string of the molecule is O=c1c(-c2c(F)ccc(Cl)c2OCO)c(O)c2nccnc2n1CC(F)F. The van der Waals surface area contributed by atoms with E-state index in [9.17, 15) is 23.1 Å². The van der Waals surface area contributed by atoms with E-state index in [2.05, 4.69) is 9.97 Å². The van der Waals surface area contributed by atoms with Gasteiger partial charge in [0, 0.05) is 12.4 Å². The molecular formula is C16H11ClF3N3O4. The maximum Gasteiger partial charge on any atom is 0.264 e. The maximum atomic E-state index is 14.5. The van der Waals surface area contributed by atoms with E-state index in [1.807, 2.05) is 0 Å². The summed E-state index contributed by atoms with van der Waals surface area (Å²) in [6.45, 7) is -1.96. The highest BCUT2D eigenvalue weighted by Gasteiger charge is 2.27. The van der Waals surface area contributed by atoms with Gasteiger partial charge in [-0.3, -0.25) is 9.36 Å². The molecule has 0 spiro atoms. The van der Waals surface area contributed by atoms with Gasteiger partial charge in [0.1, 0.15) is 11.3 Å². The van der Waals surface area contributed by atoms with Crippen LogP contribution in [0.2, 0.25) is 5.02 Å². The zero-order chi connectivity index (χ0) is 19.7. The third kappa shape index (κ3) is 3.28. The molecular weight excluding hydrogens is 391 g/mol. The molecule has 11 heteroatoms. The van der Waals surface area contributed by atoms with Gasteiger partial charge in [0.15, 0.2) is 23.9 Å². The van der Waals surface area contributed by atoms with Crippen LogP contribution in [0.15, 0.2) is 29.3 Å². The number of aliphatic hydroxyl groups is 1. The van der Waals surface area contributed by atoms with Crippen molar-refractivity contribution in [3.63, 3.8) is 0 Å². The number of hydrogen-bond acceptors (Lipinski definition) is 6. The van der Waals surface area contributed by atoms with Crippen LogP contribution in [-0.4, -0.2) is 38.0 Å². The maximum absolute atomic E-state index is 14.5. The van der Waals surface area contributed by atoms with Crippen molar-refractivity contribution in [2.24, 2.45) is 0 Å². The van der Waals surface area contributed by atoms with Crippen LogP contribution in [0.4, 0.5) is 13.2 Å². The number of hydrogen-bond donors (Lipinski definition) is 2. The van der Waals surface area contributed by atoms with Gasteiger partial charge in [-0.2, -0.15) is 0 Å². The third-order valence-corrected chi connectivity index (χ3v) is 3.99. The minimum Gasteiger partial charge on any atom is -0.505 e. The van der Waals surface area contributed by atoms with Crippen LogP contribution in [0.5, 0.6) is 11.5 Å². The molecule has 3 rings (SSSR count). The molecule has 142 valence electrons. The number of alkyl halides is 2. The highest BCUT2D eigenvalue weighted by Crippen LogP contribution is 2.41. The molecule has 0 saturated heterocycles. The Bertz CT molecular complexity index is 1070. The van der Waals surface area contributed by atoms with Crippen molar-refractivity contribution < 1.29 is 28.1 Å². The van der Waals surface area contributed by atoms with Crippen molar-refractivity contribution in [1.82, 2.24) is 14.5 Å². The quantitative estimate of drug-likeness (QED) is 0.638. The van der Waals surface area contributed by atoms with Crippen molar-refractivity contribution in [3.8, 4) is 22.6 Å². The largest absolute Gasteiger partial charge is 0.505 e. The summed E-state index contributed by atoms with van der Waals surface area (Å²) in [5.74, 6) is -2.24. The zero-order valence-electron chi connectivity index (χ0n) is 13.4. The van der Waals surface area contributed by atoms with Gasteiger partial charge >= 0.3 is 0 Å². The molecule has 3 aromatic rings. The molecule has 0 bridgehead atoms. The number of aliphatic hydroxyl groups excluding tert-OH is 1. The fraction of sp³-hybridized carbons (Fsp3) is 0.188. The summed E-state index contributed by atoms with van der Waals surface area (Å²) in [4.78, 5) is 20.5. The Morgan fingerprint density at radius 1 is 1.22 bits per heavy atom. The lowest BCUT2D eigenvalue weighted by molar-refractivity contribution is 0.0988. The molecule has 0 fully saturated rings. The summed E-state index contributed by atoms with van der Waals surface area (Å²) in [6, 6.07) is 2.01. The predicted octanol–water partition coefficient (Wildman–Crippen LogP) is 2.55. The van der Waals surface area contributed by atoms with E-state index in [4.69, 9.17) is 21.4 Å². The van der Waals surface area contributed by atoms with Gasteiger partial charge in [-0.25, -0.2) is 23.1 Å². The van der Waals surface area contributed by atoms with E-state index in [1.165, 1.54) is 6.20 Å². The van der Waals surface area contributed by atoms with Crippen LogP contribution in [0.3, 0.4) is 0 Å². The number of aromatic nitrogens is 3. The molecule has 7 nitrogen and oxygen atoms in total. The first-order valence-electron chi connectivity index (χ1n) is 7.43. The third-order valence-electron chi connectivity index (χ3n) is 3.69. The zero-order valence-corrected chi connectivity index (χ0v) is 14.1. The van der Waals surface area contributed by atoms with Crippen molar-refractivity contribution in [2.45, 2.75) is 13.0 Å². The molecule has 0 aliphatic heterocycles. The first-order chi connectivity index (χ1) is 12.9. The van der Waals surface area contributed by atoms with Crippen LogP contribution >= 0.6 is 11.6 Å². The molecule has 0 amide bonds. The second-order valence-corrected chi connectivity index (χ2v) is 5.67. The monoisotopic (exact) mass is 401 g/mol. The summed E-state index contributed by atoms with van der Waals surface area (Å²) >= 11 is 5.94. The summed E-state index contributed by atoms with van der Waals surface area (Å²) in [5.41, 5.74) is -3.01. The summed E-state index contributed by atoms with van der Waals surface area (Å²) in [5, 5.41) is 19.4. The van der Waals surface area contributed by atoms with E-state index in [0.717, 1.165) is 18.3 Å². The lowest BCUT2D eigenvalue weighted by Crippen LogP contribution is -2.26. The smallest absolute Gasteiger partial charge is 0.264 e. The Labute approximate surface area is 154 Å². The van der Waals surface area contributed by atoms with Crippen molar-refractivity contribution >= 4 is 22.8 Å². The lowest BCUT2D eigenvalue weighted by atomic mass is 10.0. The highest BCUT2D eigenvalue weighted by molar-refractivity contribution is 6.32. The van der Waals surface area contributed by atoms with Gasteiger partial charge in [-0.05, 0) is 12.1 Å². The molecule has 0 atom stereocenters. The van der Waals surface area contributed by atoms with Crippen molar-refractivity contribution in [1.29, 1.82) is 0 Å². The number of ether oxygens (including phenoxy) is 1. The van der Waals surface area contributed by atoms with Crippen LogP contribution in [0.25, 0.3) is 22.3 Å². The predicted molar refractivity (Wildman–Crippen MR) is 89.6 cm³/mol. The molecule has 2 N–H and O–H groups in total. The number of nitrogens with zero attached hydrogens (tertiary/aromatic N) is 3. The fourth-order valence-electron chi connectivity index (χ4n) is 2.65.